The molecule has 1 saturated heterocycles. The summed E-state index contributed by atoms with van der Waals surface area (Å²) < 4.78 is 0. The van der Waals surface area contributed by atoms with E-state index in [4.69, 9.17) is 23.2 Å². The van der Waals surface area contributed by atoms with Crippen LogP contribution in [0.5, 0.6) is 0 Å². The lowest BCUT2D eigenvalue weighted by Gasteiger charge is -2.24. The van der Waals surface area contributed by atoms with Crippen LogP contribution in [0.1, 0.15) is 11.1 Å². The van der Waals surface area contributed by atoms with E-state index >= 15 is 0 Å². The van der Waals surface area contributed by atoms with Gasteiger partial charge in [-0.2, -0.15) is 11.8 Å². The van der Waals surface area contributed by atoms with Crippen molar-refractivity contribution in [3.05, 3.63) is 87.9 Å². The average molecular weight is 404 g/mol. The summed E-state index contributed by atoms with van der Waals surface area (Å²) in [5.74, 6) is 2.08. The Kier molecular flexibility index (Phi) is 6.84. The van der Waals surface area contributed by atoms with Gasteiger partial charge in [-0.15, -0.1) is 0 Å². The Morgan fingerprint density at radius 1 is 0.885 bits per heavy atom. The maximum atomic E-state index is 12.3. The van der Waals surface area contributed by atoms with Gasteiger partial charge in [-0.3, -0.25) is 4.79 Å². The van der Waals surface area contributed by atoms with Crippen molar-refractivity contribution in [1.29, 1.82) is 0 Å². The molecule has 0 N–H and O–H groups in total. The van der Waals surface area contributed by atoms with Crippen molar-refractivity contribution in [3.8, 4) is 0 Å². The van der Waals surface area contributed by atoms with Crippen molar-refractivity contribution >= 4 is 46.4 Å². The number of carbonyl (C=O) groups is 1. The molecule has 5 heteroatoms. The van der Waals surface area contributed by atoms with E-state index in [2.05, 4.69) is 0 Å². The molecule has 1 aliphatic rings. The molecule has 1 fully saturated rings. The van der Waals surface area contributed by atoms with E-state index in [1.807, 2.05) is 77.3 Å². The van der Waals surface area contributed by atoms with Gasteiger partial charge < -0.3 is 4.90 Å². The minimum absolute atomic E-state index is 0.0631. The van der Waals surface area contributed by atoms with E-state index in [0.717, 1.165) is 41.3 Å². The number of allylic oxidation sites excluding steroid dienone is 2. The lowest BCUT2D eigenvalue weighted by Crippen LogP contribution is -2.36. The highest BCUT2D eigenvalue weighted by Crippen LogP contribution is 2.26. The monoisotopic (exact) mass is 403 g/mol. The van der Waals surface area contributed by atoms with E-state index in [-0.39, 0.29) is 5.91 Å². The van der Waals surface area contributed by atoms with Crippen LogP contribution in [0.15, 0.2) is 66.8 Å². The van der Waals surface area contributed by atoms with Gasteiger partial charge in [-0.25, -0.2) is 0 Å². The normalized spacial score (nSPS) is 14.5. The zero-order valence-electron chi connectivity index (χ0n) is 14.2. The van der Waals surface area contributed by atoms with Crippen molar-refractivity contribution in [2.45, 2.75) is 0 Å². The number of rotatable bonds is 4. The number of carbonyl (C=O) groups excluding carboxylic acids is 1. The number of benzene rings is 2. The largest absolute Gasteiger partial charge is 0.338 e. The highest BCUT2D eigenvalue weighted by atomic mass is 35.5. The van der Waals surface area contributed by atoms with Gasteiger partial charge in [0.2, 0.25) is 5.91 Å². The van der Waals surface area contributed by atoms with Crippen molar-refractivity contribution in [2.24, 2.45) is 0 Å². The number of thioether (sulfide) groups is 1. The van der Waals surface area contributed by atoms with Crippen LogP contribution in [-0.4, -0.2) is 35.4 Å². The Morgan fingerprint density at radius 2 is 1.38 bits per heavy atom. The molecule has 1 heterocycles. The Hall–Kier alpha value is -1.68. The number of hydrogen-bond donors (Lipinski definition) is 0. The van der Waals surface area contributed by atoms with E-state index in [1.54, 1.807) is 6.08 Å². The second kappa shape index (κ2) is 9.31. The molecule has 134 valence electrons. The zero-order chi connectivity index (χ0) is 18.4. The summed E-state index contributed by atoms with van der Waals surface area (Å²) in [5.41, 5.74) is 3.07. The minimum atomic E-state index is 0.0631. The molecule has 2 nitrogen and oxygen atoms in total. The molecule has 2 aromatic carbocycles. The molecule has 1 aliphatic heterocycles. The van der Waals surface area contributed by atoms with Crippen molar-refractivity contribution in [3.63, 3.8) is 0 Å². The molecule has 3 rings (SSSR count). The van der Waals surface area contributed by atoms with E-state index < -0.39 is 0 Å². The third-order valence-corrected chi connectivity index (χ3v) is 5.58. The quantitative estimate of drug-likeness (QED) is 0.492. The molecule has 0 spiro atoms. The van der Waals surface area contributed by atoms with Crippen molar-refractivity contribution < 1.29 is 4.79 Å². The Bertz CT molecular complexity index is 759. The summed E-state index contributed by atoms with van der Waals surface area (Å²) in [7, 11) is 0. The summed E-state index contributed by atoms with van der Waals surface area (Å²) >= 11 is 13.9. The highest BCUT2D eigenvalue weighted by molar-refractivity contribution is 7.99. The lowest BCUT2D eigenvalue weighted by atomic mass is 9.97. The predicted octanol–water partition coefficient (Wildman–Crippen LogP) is 5.56. The molecule has 0 radical (unpaired) electrons. The Labute approximate surface area is 168 Å². The summed E-state index contributed by atoms with van der Waals surface area (Å²) in [6.45, 7) is 1.64. The molecule has 1 amide bonds. The average Bonchev–Trinajstić information content (AvgIpc) is 2.68. The summed E-state index contributed by atoms with van der Waals surface area (Å²) in [5, 5.41) is 1.38. The molecule has 0 atom stereocenters. The maximum Gasteiger partial charge on any atom is 0.246 e. The molecule has 2 aromatic rings. The van der Waals surface area contributed by atoms with Gasteiger partial charge in [-0.1, -0.05) is 59.6 Å². The first-order valence-electron chi connectivity index (χ1n) is 8.40. The molecule has 26 heavy (non-hydrogen) atoms. The van der Waals surface area contributed by atoms with Crippen LogP contribution in [-0.2, 0) is 4.79 Å². The van der Waals surface area contributed by atoms with Gasteiger partial charge in [0, 0.05) is 40.7 Å². The second-order valence-corrected chi connectivity index (χ2v) is 7.99. The predicted molar refractivity (Wildman–Crippen MR) is 113 cm³/mol. The van der Waals surface area contributed by atoms with Crippen LogP contribution in [0.4, 0.5) is 0 Å². The molecule has 0 saturated carbocycles. The van der Waals surface area contributed by atoms with Crippen LogP contribution in [0.25, 0.3) is 5.57 Å². The SMILES string of the molecule is O=C(C=CC=C(c1ccc(Cl)cc1)c1ccc(Cl)cc1)N1CCSCC1. The van der Waals surface area contributed by atoms with Crippen molar-refractivity contribution in [1.82, 2.24) is 4.90 Å². The van der Waals surface area contributed by atoms with Crippen LogP contribution in [0.3, 0.4) is 0 Å². The van der Waals surface area contributed by atoms with Gasteiger partial charge in [0.15, 0.2) is 0 Å². The molecule has 0 bridgehead atoms. The first-order valence-corrected chi connectivity index (χ1v) is 10.3. The molecule has 0 aliphatic carbocycles. The molecular weight excluding hydrogens is 385 g/mol. The maximum absolute atomic E-state index is 12.3. The fourth-order valence-electron chi connectivity index (χ4n) is 2.73. The first kappa shape index (κ1) is 19.1. The fraction of sp³-hybridized carbons (Fsp3) is 0.190. The van der Waals surface area contributed by atoms with Crippen LogP contribution >= 0.6 is 35.0 Å². The number of hydrogen-bond acceptors (Lipinski definition) is 2. The van der Waals surface area contributed by atoms with E-state index in [9.17, 15) is 4.79 Å². The van der Waals surface area contributed by atoms with Gasteiger partial charge in [-0.05, 0) is 41.0 Å². The van der Waals surface area contributed by atoms with Crippen LogP contribution < -0.4 is 0 Å². The number of nitrogens with zero attached hydrogens (tertiary/aromatic N) is 1. The topological polar surface area (TPSA) is 20.3 Å². The standard InChI is InChI=1S/C21H19Cl2NOS/c22-18-8-4-16(5-9-18)20(17-6-10-19(23)11-7-17)2-1-3-21(25)24-12-14-26-15-13-24/h1-11H,12-15H2. The third kappa shape index (κ3) is 5.16. The molecule has 0 aromatic heterocycles. The zero-order valence-corrected chi connectivity index (χ0v) is 16.5. The highest BCUT2D eigenvalue weighted by Gasteiger charge is 2.13. The second-order valence-electron chi connectivity index (χ2n) is 5.89. The van der Waals surface area contributed by atoms with Crippen molar-refractivity contribution in [2.75, 3.05) is 24.6 Å². The smallest absolute Gasteiger partial charge is 0.246 e. The summed E-state index contributed by atoms with van der Waals surface area (Å²) in [6, 6.07) is 15.3. The van der Waals surface area contributed by atoms with Crippen LogP contribution in [0, 0.1) is 0 Å². The summed E-state index contributed by atoms with van der Waals surface area (Å²) in [6.07, 6.45) is 5.42. The summed E-state index contributed by atoms with van der Waals surface area (Å²) in [4.78, 5) is 14.2. The number of amides is 1. The van der Waals surface area contributed by atoms with E-state index in [0.29, 0.717) is 10.0 Å². The fourth-order valence-corrected chi connectivity index (χ4v) is 3.89. The molecular formula is C21H19Cl2NOS. The van der Waals surface area contributed by atoms with Gasteiger partial charge in [0.25, 0.3) is 0 Å². The minimum Gasteiger partial charge on any atom is -0.338 e. The van der Waals surface area contributed by atoms with Gasteiger partial charge >= 0.3 is 0 Å². The molecule has 0 unspecified atom stereocenters. The Morgan fingerprint density at radius 3 is 1.88 bits per heavy atom. The number of halogens is 2. The van der Waals surface area contributed by atoms with Crippen LogP contribution in [0.2, 0.25) is 10.0 Å². The third-order valence-electron chi connectivity index (χ3n) is 4.13. The Balaban J connectivity index is 1.85. The lowest BCUT2D eigenvalue weighted by molar-refractivity contribution is -0.125. The van der Waals surface area contributed by atoms with E-state index in [1.165, 1.54) is 0 Å². The van der Waals surface area contributed by atoms with Gasteiger partial charge in [0.05, 0.1) is 0 Å². The first-order chi connectivity index (χ1) is 12.6. The van der Waals surface area contributed by atoms with Gasteiger partial charge in [0.1, 0.15) is 0 Å².